The second-order valence-electron chi connectivity index (χ2n) is 5.32. The quantitative estimate of drug-likeness (QED) is 0.737. The molecule has 1 heterocycles. The van der Waals surface area contributed by atoms with E-state index in [1.54, 1.807) is 0 Å². The number of hydrogen-bond donors (Lipinski definition) is 0. The molecule has 0 aliphatic heterocycles. The summed E-state index contributed by atoms with van der Waals surface area (Å²) in [6.45, 7) is 15.6. The highest BCUT2D eigenvalue weighted by atomic mass is 15.1. The number of aryl methyl sites for hydroxylation is 2. The standard InChI is InChI=1S/C17H28N4/c1-6-20(7-2)10-9-11-21(8-3)17-12-14(4)19-15(5)16(17)13-18/h12H,6-11H2,1-5H3. The highest BCUT2D eigenvalue weighted by Gasteiger charge is 2.14. The van der Waals surface area contributed by atoms with E-state index in [9.17, 15) is 5.26 Å². The van der Waals surface area contributed by atoms with E-state index in [2.05, 4.69) is 41.6 Å². The van der Waals surface area contributed by atoms with Crippen LogP contribution in [-0.4, -0.2) is 42.6 Å². The van der Waals surface area contributed by atoms with Crippen molar-refractivity contribution >= 4 is 5.69 Å². The molecule has 4 nitrogen and oxygen atoms in total. The number of rotatable bonds is 8. The highest BCUT2D eigenvalue weighted by Crippen LogP contribution is 2.23. The van der Waals surface area contributed by atoms with Gasteiger partial charge in [0.1, 0.15) is 6.07 Å². The van der Waals surface area contributed by atoms with Crippen LogP contribution in [0.1, 0.15) is 44.1 Å². The van der Waals surface area contributed by atoms with E-state index in [0.717, 1.165) is 56.2 Å². The molecule has 0 N–H and O–H groups in total. The third kappa shape index (κ3) is 4.71. The number of anilines is 1. The normalized spacial score (nSPS) is 10.7. The van der Waals surface area contributed by atoms with Crippen molar-refractivity contribution in [2.45, 2.75) is 41.0 Å². The van der Waals surface area contributed by atoms with Crippen LogP contribution in [0.15, 0.2) is 6.07 Å². The van der Waals surface area contributed by atoms with Crippen LogP contribution in [0.4, 0.5) is 5.69 Å². The molecular weight excluding hydrogens is 260 g/mol. The molecule has 4 heteroatoms. The molecule has 1 aromatic heterocycles. The van der Waals surface area contributed by atoms with Gasteiger partial charge in [-0.15, -0.1) is 0 Å². The molecule has 1 aromatic rings. The zero-order valence-electron chi connectivity index (χ0n) is 14.1. The summed E-state index contributed by atoms with van der Waals surface area (Å²) in [4.78, 5) is 9.13. The van der Waals surface area contributed by atoms with E-state index in [-0.39, 0.29) is 0 Å². The average molecular weight is 288 g/mol. The van der Waals surface area contributed by atoms with Crippen LogP contribution in [0.3, 0.4) is 0 Å². The number of hydrogen-bond acceptors (Lipinski definition) is 4. The predicted octanol–water partition coefficient (Wildman–Crippen LogP) is 3.13. The van der Waals surface area contributed by atoms with E-state index < -0.39 is 0 Å². The van der Waals surface area contributed by atoms with E-state index >= 15 is 0 Å². The van der Waals surface area contributed by atoms with Gasteiger partial charge in [-0.3, -0.25) is 4.98 Å². The van der Waals surface area contributed by atoms with Crippen LogP contribution in [-0.2, 0) is 0 Å². The Bertz CT molecular complexity index is 486. The van der Waals surface area contributed by atoms with Gasteiger partial charge >= 0.3 is 0 Å². The molecule has 0 saturated heterocycles. The Kier molecular flexibility index (Phi) is 7.18. The summed E-state index contributed by atoms with van der Waals surface area (Å²) in [5.74, 6) is 0. The monoisotopic (exact) mass is 288 g/mol. The third-order valence-corrected chi connectivity index (χ3v) is 3.94. The molecule has 0 aromatic carbocycles. The van der Waals surface area contributed by atoms with Crippen molar-refractivity contribution in [3.05, 3.63) is 23.0 Å². The predicted molar refractivity (Wildman–Crippen MR) is 88.7 cm³/mol. The lowest BCUT2D eigenvalue weighted by Gasteiger charge is -2.26. The van der Waals surface area contributed by atoms with E-state index in [4.69, 9.17) is 0 Å². The molecule has 0 fully saturated rings. The van der Waals surface area contributed by atoms with E-state index in [0.29, 0.717) is 5.56 Å². The van der Waals surface area contributed by atoms with Gasteiger partial charge in [0.15, 0.2) is 0 Å². The Hall–Kier alpha value is -1.60. The Morgan fingerprint density at radius 1 is 1.10 bits per heavy atom. The van der Waals surface area contributed by atoms with Crippen LogP contribution in [0.5, 0.6) is 0 Å². The fourth-order valence-electron chi connectivity index (χ4n) is 2.67. The number of pyridine rings is 1. The van der Waals surface area contributed by atoms with Gasteiger partial charge in [-0.2, -0.15) is 5.26 Å². The van der Waals surface area contributed by atoms with Gasteiger partial charge in [0.05, 0.1) is 16.9 Å². The summed E-state index contributed by atoms with van der Waals surface area (Å²) < 4.78 is 0. The van der Waals surface area contributed by atoms with Crippen LogP contribution in [0.25, 0.3) is 0 Å². The molecule has 21 heavy (non-hydrogen) atoms. The maximum absolute atomic E-state index is 9.40. The highest BCUT2D eigenvalue weighted by molar-refractivity contribution is 5.61. The lowest BCUT2D eigenvalue weighted by Crippen LogP contribution is -2.30. The van der Waals surface area contributed by atoms with Gasteiger partial charge in [0.2, 0.25) is 0 Å². The number of nitriles is 1. The van der Waals surface area contributed by atoms with Crippen molar-refractivity contribution in [1.29, 1.82) is 5.26 Å². The molecular formula is C17H28N4. The van der Waals surface area contributed by atoms with Crippen molar-refractivity contribution in [2.75, 3.05) is 37.6 Å². The van der Waals surface area contributed by atoms with E-state index in [1.165, 1.54) is 0 Å². The van der Waals surface area contributed by atoms with Gasteiger partial charge in [-0.25, -0.2) is 0 Å². The summed E-state index contributed by atoms with van der Waals surface area (Å²) in [7, 11) is 0. The minimum absolute atomic E-state index is 0.713. The van der Waals surface area contributed by atoms with Crippen LogP contribution in [0, 0.1) is 25.2 Å². The molecule has 1 rings (SSSR count). The largest absolute Gasteiger partial charge is 0.371 e. The summed E-state index contributed by atoms with van der Waals surface area (Å²) in [6.07, 6.45) is 1.11. The summed E-state index contributed by atoms with van der Waals surface area (Å²) >= 11 is 0. The molecule has 0 radical (unpaired) electrons. The molecule has 0 aliphatic rings. The Morgan fingerprint density at radius 2 is 1.76 bits per heavy atom. The molecule has 116 valence electrons. The number of nitrogens with zero attached hydrogens (tertiary/aromatic N) is 4. The van der Waals surface area contributed by atoms with Crippen molar-refractivity contribution < 1.29 is 0 Å². The van der Waals surface area contributed by atoms with Crippen LogP contribution >= 0.6 is 0 Å². The zero-order chi connectivity index (χ0) is 15.8. The topological polar surface area (TPSA) is 43.2 Å². The van der Waals surface area contributed by atoms with Crippen molar-refractivity contribution in [3.8, 4) is 6.07 Å². The third-order valence-electron chi connectivity index (χ3n) is 3.94. The summed E-state index contributed by atoms with van der Waals surface area (Å²) in [6, 6.07) is 4.35. The first-order valence-electron chi connectivity index (χ1n) is 7.92. The zero-order valence-corrected chi connectivity index (χ0v) is 14.1. The first kappa shape index (κ1) is 17.5. The first-order valence-corrected chi connectivity index (χ1v) is 7.92. The molecule has 0 amide bonds. The summed E-state index contributed by atoms with van der Waals surface area (Å²) in [5, 5.41) is 9.40. The Labute approximate surface area is 129 Å². The molecule has 0 spiro atoms. The molecule has 0 bridgehead atoms. The Balaban J connectivity index is 2.83. The van der Waals surface area contributed by atoms with Gasteiger partial charge in [0, 0.05) is 18.8 Å². The van der Waals surface area contributed by atoms with Crippen molar-refractivity contribution in [3.63, 3.8) is 0 Å². The molecule has 0 aliphatic carbocycles. The lowest BCUT2D eigenvalue weighted by atomic mass is 10.1. The van der Waals surface area contributed by atoms with Gasteiger partial charge in [0.25, 0.3) is 0 Å². The van der Waals surface area contributed by atoms with Crippen molar-refractivity contribution in [1.82, 2.24) is 9.88 Å². The van der Waals surface area contributed by atoms with Gasteiger partial charge in [-0.1, -0.05) is 13.8 Å². The molecule has 0 saturated carbocycles. The Morgan fingerprint density at radius 3 is 2.29 bits per heavy atom. The van der Waals surface area contributed by atoms with E-state index in [1.807, 2.05) is 19.9 Å². The fourth-order valence-corrected chi connectivity index (χ4v) is 2.67. The maximum Gasteiger partial charge on any atom is 0.103 e. The number of aromatic nitrogens is 1. The summed E-state index contributed by atoms with van der Waals surface area (Å²) in [5.41, 5.74) is 3.55. The van der Waals surface area contributed by atoms with Gasteiger partial charge in [-0.05, 0) is 52.9 Å². The average Bonchev–Trinajstić information content (AvgIpc) is 2.47. The second-order valence-corrected chi connectivity index (χ2v) is 5.32. The van der Waals surface area contributed by atoms with Crippen LogP contribution in [0.2, 0.25) is 0 Å². The fraction of sp³-hybridized carbons (Fsp3) is 0.647. The van der Waals surface area contributed by atoms with Gasteiger partial charge < -0.3 is 9.80 Å². The minimum atomic E-state index is 0.713. The molecule has 0 atom stereocenters. The first-order chi connectivity index (χ1) is 10.1. The van der Waals surface area contributed by atoms with Crippen molar-refractivity contribution in [2.24, 2.45) is 0 Å². The lowest BCUT2D eigenvalue weighted by molar-refractivity contribution is 0.301. The SMILES string of the molecule is CCN(CC)CCCN(CC)c1cc(C)nc(C)c1C#N. The maximum atomic E-state index is 9.40. The molecule has 0 unspecified atom stereocenters. The minimum Gasteiger partial charge on any atom is -0.371 e. The smallest absolute Gasteiger partial charge is 0.103 e. The van der Waals surface area contributed by atoms with Crippen LogP contribution < -0.4 is 4.90 Å². The second kappa shape index (κ2) is 8.63.